The molecule has 0 radical (unpaired) electrons. The largest absolute Gasteiger partial charge is 0.379 e. The highest BCUT2D eigenvalue weighted by molar-refractivity contribution is 7.07. The summed E-state index contributed by atoms with van der Waals surface area (Å²) in [5, 5.41) is 5.00. The second-order valence-electron chi connectivity index (χ2n) is 6.83. The first-order valence-electron chi connectivity index (χ1n) is 8.81. The summed E-state index contributed by atoms with van der Waals surface area (Å²) in [4.78, 5) is 17.1. The molecule has 2 fully saturated rings. The van der Waals surface area contributed by atoms with Crippen LogP contribution in [0.2, 0.25) is 0 Å². The second kappa shape index (κ2) is 7.42. The number of hydrogen-bond donors (Lipinski definition) is 1. The minimum Gasteiger partial charge on any atom is -0.379 e. The lowest BCUT2D eigenvalue weighted by molar-refractivity contribution is -0.129. The normalized spacial score (nSPS) is 24.2. The van der Waals surface area contributed by atoms with Crippen LogP contribution in [0.15, 0.2) is 35.2 Å². The van der Waals surface area contributed by atoms with Crippen LogP contribution in [0.1, 0.15) is 30.5 Å². The fourth-order valence-corrected chi connectivity index (χ4v) is 4.00. The molecule has 1 amide bonds. The smallest absolute Gasteiger partial charge is 0.231 e. The van der Waals surface area contributed by atoms with Gasteiger partial charge in [-0.05, 0) is 25.3 Å². The molecule has 0 spiro atoms. The lowest BCUT2D eigenvalue weighted by Gasteiger charge is -2.33. The molecule has 2 aromatic rings. The molecule has 26 heavy (non-hydrogen) atoms. The molecule has 5 nitrogen and oxygen atoms in total. The van der Waals surface area contributed by atoms with Gasteiger partial charge in [-0.15, -0.1) is 11.3 Å². The third-order valence-electron chi connectivity index (χ3n) is 5.11. The van der Waals surface area contributed by atoms with Crippen molar-refractivity contribution in [2.24, 2.45) is 0 Å². The number of carbonyl (C=O) groups is 1. The van der Waals surface area contributed by atoms with Gasteiger partial charge in [0.05, 0.1) is 42.0 Å². The van der Waals surface area contributed by atoms with Gasteiger partial charge in [-0.1, -0.05) is 18.2 Å². The summed E-state index contributed by atoms with van der Waals surface area (Å²) in [6.07, 6.45) is 1.91. The lowest BCUT2D eigenvalue weighted by atomic mass is 9.93. The number of aromatic nitrogens is 1. The molecule has 4 rings (SSSR count). The summed E-state index contributed by atoms with van der Waals surface area (Å²) in [5.74, 6) is -0.461. The van der Waals surface area contributed by atoms with Crippen LogP contribution in [0, 0.1) is 5.82 Å². The van der Waals surface area contributed by atoms with Gasteiger partial charge in [0.25, 0.3) is 0 Å². The second-order valence-corrected chi connectivity index (χ2v) is 7.55. The van der Waals surface area contributed by atoms with E-state index in [0.717, 1.165) is 5.69 Å². The molecular weight excluding hydrogens is 355 g/mol. The first-order chi connectivity index (χ1) is 12.7. The molecular formula is C19H21FN2O3S. The predicted octanol–water partition coefficient (Wildman–Crippen LogP) is 2.80. The van der Waals surface area contributed by atoms with E-state index in [2.05, 4.69) is 10.3 Å². The van der Waals surface area contributed by atoms with E-state index in [1.54, 1.807) is 23.7 Å². The van der Waals surface area contributed by atoms with E-state index in [1.807, 2.05) is 5.38 Å². The first kappa shape index (κ1) is 17.6. The third kappa shape index (κ3) is 3.51. The van der Waals surface area contributed by atoms with Gasteiger partial charge in [0.2, 0.25) is 5.91 Å². The molecule has 2 heterocycles. The van der Waals surface area contributed by atoms with E-state index in [4.69, 9.17) is 9.47 Å². The van der Waals surface area contributed by atoms with Gasteiger partial charge in [-0.2, -0.15) is 0 Å². The molecule has 0 unspecified atom stereocenters. The van der Waals surface area contributed by atoms with Gasteiger partial charge in [-0.25, -0.2) is 9.37 Å². The topological polar surface area (TPSA) is 60.5 Å². The van der Waals surface area contributed by atoms with E-state index < -0.39 is 5.41 Å². The van der Waals surface area contributed by atoms with Gasteiger partial charge in [0.15, 0.2) is 0 Å². The van der Waals surface area contributed by atoms with Crippen LogP contribution in [-0.2, 0) is 26.3 Å². The van der Waals surface area contributed by atoms with Crippen molar-refractivity contribution < 1.29 is 18.7 Å². The van der Waals surface area contributed by atoms with Crippen LogP contribution in [0.4, 0.5) is 4.39 Å². The Morgan fingerprint density at radius 3 is 3.00 bits per heavy atom. The number of halogens is 1. The molecule has 1 aromatic carbocycles. The Balaban J connectivity index is 1.43. The van der Waals surface area contributed by atoms with Crippen molar-refractivity contribution in [2.75, 3.05) is 13.2 Å². The first-order valence-corrected chi connectivity index (χ1v) is 9.76. The summed E-state index contributed by atoms with van der Waals surface area (Å²) in [7, 11) is 0. The Labute approximate surface area is 155 Å². The molecule has 2 atom stereocenters. The van der Waals surface area contributed by atoms with Crippen LogP contribution in [-0.4, -0.2) is 36.3 Å². The lowest BCUT2D eigenvalue weighted by Crippen LogP contribution is -2.53. The summed E-state index contributed by atoms with van der Waals surface area (Å²) < 4.78 is 25.7. The van der Waals surface area contributed by atoms with E-state index in [9.17, 15) is 9.18 Å². The maximum atomic E-state index is 14.2. The van der Waals surface area contributed by atoms with Crippen molar-refractivity contribution in [1.29, 1.82) is 0 Å². The molecule has 2 aliphatic rings. The van der Waals surface area contributed by atoms with Crippen molar-refractivity contribution in [3.63, 3.8) is 0 Å². The molecule has 1 aliphatic carbocycles. The molecule has 138 valence electrons. The zero-order valence-electron chi connectivity index (χ0n) is 14.3. The van der Waals surface area contributed by atoms with Gasteiger partial charge in [-0.3, -0.25) is 4.79 Å². The molecule has 1 saturated heterocycles. The fourth-order valence-electron chi connectivity index (χ4n) is 3.45. The highest BCUT2D eigenvalue weighted by Crippen LogP contribution is 2.49. The molecule has 1 aliphatic heterocycles. The van der Waals surface area contributed by atoms with Crippen LogP contribution < -0.4 is 5.32 Å². The number of nitrogens with one attached hydrogen (secondary N) is 1. The van der Waals surface area contributed by atoms with E-state index in [0.29, 0.717) is 44.6 Å². The fraction of sp³-hybridized carbons (Fsp3) is 0.474. The zero-order valence-corrected chi connectivity index (χ0v) is 15.1. The summed E-state index contributed by atoms with van der Waals surface area (Å²) in [6.45, 7) is 1.42. The van der Waals surface area contributed by atoms with Crippen molar-refractivity contribution in [2.45, 2.75) is 43.4 Å². The summed E-state index contributed by atoms with van der Waals surface area (Å²) in [5.41, 5.74) is 2.39. The SMILES string of the molecule is O=C(N[C@@H]1COCC[C@@H]1OCc1cscn1)C1(c2ccccc2F)CC1. The van der Waals surface area contributed by atoms with Gasteiger partial charge < -0.3 is 14.8 Å². The average molecular weight is 376 g/mol. The third-order valence-corrected chi connectivity index (χ3v) is 5.75. The van der Waals surface area contributed by atoms with Gasteiger partial charge in [0, 0.05) is 17.6 Å². The number of benzene rings is 1. The Hall–Kier alpha value is -1.83. The molecule has 1 N–H and O–H groups in total. The Bertz CT molecular complexity index is 764. The van der Waals surface area contributed by atoms with Crippen LogP contribution in [0.25, 0.3) is 0 Å². The highest BCUT2D eigenvalue weighted by Gasteiger charge is 2.53. The van der Waals surface area contributed by atoms with Crippen LogP contribution >= 0.6 is 11.3 Å². The summed E-state index contributed by atoms with van der Waals surface area (Å²) in [6, 6.07) is 6.29. The standard InChI is InChI=1S/C19H21FN2O3S/c20-15-4-2-1-3-14(15)19(6-7-19)18(23)22-16-10-24-8-5-17(16)25-9-13-11-26-12-21-13/h1-4,11-12,16-17H,5-10H2,(H,22,23)/t16-,17+/m1/s1. The molecule has 7 heteroatoms. The highest BCUT2D eigenvalue weighted by atomic mass is 32.1. The Morgan fingerprint density at radius 2 is 2.27 bits per heavy atom. The number of hydrogen-bond acceptors (Lipinski definition) is 5. The van der Waals surface area contributed by atoms with Crippen molar-refractivity contribution >= 4 is 17.2 Å². The molecule has 1 saturated carbocycles. The van der Waals surface area contributed by atoms with E-state index in [-0.39, 0.29) is 23.9 Å². The van der Waals surface area contributed by atoms with Crippen molar-refractivity contribution in [3.8, 4) is 0 Å². The minimum absolute atomic E-state index is 0.133. The van der Waals surface area contributed by atoms with E-state index in [1.165, 1.54) is 17.4 Å². The number of nitrogens with zero attached hydrogens (tertiary/aromatic N) is 1. The Kier molecular flexibility index (Phi) is 5.02. The molecule has 0 bridgehead atoms. The maximum Gasteiger partial charge on any atom is 0.231 e. The van der Waals surface area contributed by atoms with E-state index >= 15 is 0 Å². The number of amides is 1. The average Bonchev–Trinajstić information content (AvgIpc) is 3.30. The van der Waals surface area contributed by atoms with Gasteiger partial charge >= 0.3 is 0 Å². The Morgan fingerprint density at radius 1 is 1.42 bits per heavy atom. The van der Waals surface area contributed by atoms with Crippen LogP contribution in [0.3, 0.4) is 0 Å². The monoisotopic (exact) mass is 376 g/mol. The van der Waals surface area contributed by atoms with Crippen molar-refractivity contribution in [1.82, 2.24) is 10.3 Å². The molecule has 1 aromatic heterocycles. The van der Waals surface area contributed by atoms with Crippen molar-refractivity contribution in [3.05, 3.63) is 52.2 Å². The van der Waals surface area contributed by atoms with Gasteiger partial charge in [0.1, 0.15) is 5.82 Å². The quantitative estimate of drug-likeness (QED) is 0.842. The minimum atomic E-state index is -0.748. The summed E-state index contributed by atoms with van der Waals surface area (Å²) >= 11 is 1.53. The number of ether oxygens (including phenoxy) is 2. The number of thiazole rings is 1. The number of rotatable bonds is 6. The zero-order chi connectivity index (χ0) is 18.0. The predicted molar refractivity (Wildman–Crippen MR) is 95.4 cm³/mol. The maximum absolute atomic E-state index is 14.2. The number of carbonyl (C=O) groups excluding carboxylic acids is 1. The van der Waals surface area contributed by atoms with Crippen LogP contribution in [0.5, 0.6) is 0 Å².